The van der Waals surface area contributed by atoms with Gasteiger partial charge < -0.3 is 5.11 Å². The van der Waals surface area contributed by atoms with E-state index in [1.807, 2.05) is 32.9 Å². The highest BCUT2D eigenvalue weighted by Crippen LogP contribution is 2.48. The molecule has 0 heterocycles. The van der Waals surface area contributed by atoms with Gasteiger partial charge in [0.2, 0.25) is 0 Å². The number of rotatable bonds is 8. The number of benzene rings is 1. The van der Waals surface area contributed by atoms with Crippen LogP contribution in [0.4, 0.5) is 0 Å². The van der Waals surface area contributed by atoms with Crippen molar-refractivity contribution in [3.05, 3.63) is 34.4 Å². The molecule has 0 aromatic heterocycles. The maximum Gasteiger partial charge on any atom is 0.310 e. The molecule has 0 saturated heterocycles. The van der Waals surface area contributed by atoms with Crippen molar-refractivity contribution in [3.63, 3.8) is 0 Å². The Labute approximate surface area is 171 Å². The summed E-state index contributed by atoms with van der Waals surface area (Å²) in [6.07, 6.45) is 8.00. The number of hydrogen-bond acceptors (Lipinski definition) is 3. The van der Waals surface area contributed by atoms with Gasteiger partial charge in [-0.1, -0.05) is 67.7 Å². The highest BCUT2D eigenvalue weighted by molar-refractivity contribution is 7.00. The lowest BCUT2D eigenvalue weighted by Crippen LogP contribution is -2.44. The standard InChI is InChI=1S/C23H34O3.H2OP/c1-5-6-8-11-19(22(25)26)23(12-9-7-10-13-23)21(24)20-17(3)14-16(2)15-18(20)4;1-2/h14-15,19H,5-13H2,1-4H3,(H,25,26);2H2/q;+1. The molecular weight excluding hydrogens is 371 g/mol. The predicted octanol–water partition coefficient (Wildman–Crippen LogP) is 6.23. The number of carbonyl (C=O) groups excluding carboxylic acids is 1. The summed E-state index contributed by atoms with van der Waals surface area (Å²) in [4.78, 5) is 26.0. The third-order valence-corrected chi connectivity index (χ3v) is 6.16. The molecular formula is C23H36O4P+. The molecule has 0 bridgehead atoms. The lowest BCUT2D eigenvalue weighted by Gasteiger charge is -2.41. The molecule has 0 aliphatic heterocycles. The average molecular weight is 408 g/mol. The minimum atomic E-state index is -0.793. The minimum Gasteiger partial charge on any atom is -0.481 e. The Morgan fingerprint density at radius 1 is 1.04 bits per heavy atom. The van der Waals surface area contributed by atoms with Crippen LogP contribution in [0.5, 0.6) is 0 Å². The molecule has 1 aliphatic carbocycles. The first-order valence-electron chi connectivity index (χ1n) is 10.4. The fourth-order valence-corrected chi connectivity index (χ4v) is 4.94. The summed E-state index contributed by atoms with van der Waals surface area (Å²) in [5, 5.41) is 10.0. The largest absolute Gasteiger partial charge is 0.481 e. The third-order valence-electron chi connectivity index (χ3n) is 6.16. The number of unbranched alkanes of at least 4 members (excludes halogenated alkanes) is 2. The van der Waals surface area contributed by atoms with Gasteiger partial charge in [0.1, 0.15) is 0 Å². The predicted molar refractivity (Wildman–Crippen MR) is 116 cm³/mol. The Kier molecular flexibility index (Phi) is 10.0. The topological polar surface area (TPSA) is 71.4 Å². The number of Topliss-reactive ketones (excluding diaryl/α,β-unsaturated/α-hetero) is 1. The van der Waals surface area contributed by atoms with Gasteiger partial charge in [-0.15, -0.1) is 0 Å². The van der Waals surface area contributed by atoms with E-state index in [2.05, 4.69) is 6.92 Å². The van der Waals surface area contributed by atoms with Crippen LogP contribution in [-0.4, -0.2) is 16.9 Å². The second-order valence-electron chi connectivity index (χ2n) is 8.21. The van der Waals surface area contributed by atoms with Crippen molar-refractivity contribution in [2.24, 2.45) is 11.3 Å². The Bertz CT molecular complexity index is 654. The van der Waals surface area contributed by atoms with Gasteiger partial charge in [0.05, 0.1) is 5.92 Å². The van der Waals surface area contributed by atoms with E-state index in [1.54, 1.807) is 0 Å². The quantitative estimate of drug-likeness (QED) is 0.315. The molecule has 0 amide bonds. The molecule has 2 unspecified atom stereocenters. The Morgan fingerprint density at radius 3 is 2.04 bits per heavy atom. The summed E-state index contributed by atoms with van der Waals surface area (Å²) < 4.78 is 8.17. The smallest absolute Gasteiger partial charge is 0.310 e. The zero-order chi connectivity index (χ0) is 21.3. The molecule has 1 aromatic carbocycles. The first-order chi connectivity index (χ1) is 13.3. The van der Waals surface area contributed by atoms with Crippen LogP contribution in [0.1, 0.15) is 91.8 Å². The van der Waals surface area contributed by atoms with Crippen LogP contribution in [-0.2, 0) is 9.36 Å². The van der Waals surface area contributed by atoms with Crippen LogP contribution in [0.25, 0.3) is 0 Å². The van der Waals surface area contributed by atoms with E-state index < -0.39 is 17.3 Å². The molecule has 5 heteroatoms. The van der Waals surface area contributed by atoms with Crippen LogP contribution in [0.2, 0.25) is 0 Å². The van der Waals surface area contributed by atoms with E-state index >= 15 is 0 Å². The average Bonchev–Trinajstić information content (AvgIpc) is 2.66. The molecule has 0 radical (unpaired) electrons. The molecule has 2 rings (SSSR count). The van der Waals surface area contributed by atoms with Crippen molar-refractivity contribution < 1.29 is 19.3 Å². The second-order valence-corrected chi connectivity index (χ2v) is 8.21. The molecule has 1 fully saturated rings. The molecule has 0 spiro atoms. The SMILES string of the molecule is CCCCCC(C(=O)O)C1(C(=O)c2c(C)cc(C)cc2C)CCCCC1.O=[PH2+]. The van der Waals surface area contributed by atoms with E-state index in [0.29, 0.717) is 19.3 Å². The highest BCUT2D eigenvalue weighted by Gasteiger charge is 2.49. The Morgan fingerprint density at radius 2 is 1.57 bits per heavy atom. The fourth-order valence-electron chi connectivity index (χ4n) is 4.94. The molecule has 1 aromatic rings. The van der Waals surface area contributed by atoms with E-state index in [4.69, 9.17) is 4.57 Å². The van der Waals surface area contributed by atoms with Crippen LogP contribution in [0.3, 0.4) is 0 Å². The normalized spacial score (nSPS) is 16.6. The molecule has 1 aliphatic rings. The first kappa shape index (κ1) is 24.5. The molecule has 1 N–H and O–H groups in total. The summed E-state index contributed by atoms with van der Waals surface area (Å²) in [6, 6.07) is 4.09. The van der Waals surface area contributed by atoms with Gasteiger partial charge in [0.15, 0.2) is 5.78 Å². The van der Waals surface area contributed by atoms with E-state index in [-0.39, 0.29) is 5.78 Å². The number of aryl methyl sites for hydroxylation is 3. The van der Waals surface area contributed by atoms with Crippen molar-refractivity contribution >= 4 is 20.9 Å². The molecule has 2 atom stereocenters. The van der Waals surface area contributed by atoms with Gasteiger partial charge in [0.25, 0.3) is 0 Å². The maximum absolute atomic E-state index is 13.8. The number of carbonyl (C=O) groups is 2. The molecule has 4 nitrogen and oxygen atoms in total. The molecule has 156 valence electrons. The summed E-state index contributed by atoms with van der Waals surface area (Å²) in [5.41, 5.74) is 3.14. The van der Waals surface area contributed by atoms with Crippen LogP contribution < -0.4 is 0 Å². The van der Waals surface area contributed by atoms with Crippen molar-refractivity contribution in [2.45, 2.75) is 85.5 Å². The van der Waals surface area contributed by atoms with Gasteiger partial charge >= 0.3 is 15.1 Å². The first-order valence-corrected chi connectivity index (χ1v) is 10.9. The fraction of sp³-hybridized carbons (Fsp3) is 0.652. The second kappa shape index (κ2) is 11.5. The lowest BCUT2D eigenvalue weighted by atomic mass is 9.60. The zero-order valence-corrected chi connectivity index (χ0v) is 19.0. The molecule has 28 heavy (non-hydrogen) atoms. The summed E-state index contributed by atoms with van der Waals surface area (Å²) in [6.45, 7) is 8.12. The summed E-state index contributed by atoms with van der Waals surface area (Å²) in [7, 11) is 1.17. The maximum atomic E-state index is 13.8. The van der Waals surface area contributed by atoms with Gasteiger partial charge in [-0.2, -0.15) is 0 Å². The Balaban J connectivity index is 0.00000190. The van der Waals surface area contributed by atoms with E-state index in [0.717, 1.165) is 60.8 Å². The number of ketones is 1. The van der Waals surface area contributed by atoms with Crippen molar-refractivity contribution in [3.8, 4) is 0 Å². The van der Waals surface area contributed by atoms with Crippen molar-refractivity contribution in [1.82, 2.24) is 0 Å². The monoisotopic (exact) mass is 407 g/mol. The van der Waals surface area contributed by atoms with Crippen LogP contribution >= 0.6 is 9.12 Å². The Hall–Kier alpha value is -1.54. The van der Waals surface area contributed by atoms with Crippen LogP contribution in [0.15, 0.2) is 12.1 Å². The number of aliphatic carboxylic acids is 1. The van der Waals surface area contributed by atoms with Gasteiger partial charge in [-0.3, -0.25) is 9.59 Å². The van der Waals surface area contributed by atoms with Crippen molar-refractivity contribution in [2.75, 3.05) is 0 Å². The van der Waals surface area contributed by atoms with Crippen molar-refractivity contribution in [1.29, 1.82) is 0 Å². The minimum absolute atomic E-state index is 0.0797. The zero-order valence-electron chi connectivity index (χ0n) is 17.8. The lowest BCUT2D eigenvalue weighted by molar-refractivity contribution is -0.146. The van der Waals surface area contributed by atoms with Gasteiger partial charge in [0, 0.05) is 11.0 Å². The summed E-state index contributed by atoms with van der Waals surface area (Å²) >= 11 is 0. The van der Waals surface area contributed by atoms with Gasteiger partial charge in [-0.25, -0.2) is 0 Å². The molecule has 1 saturated carbocycles. The van der Waals surface area contributed by atoms with E-state index in [1.165, 1.54) is 9.12 Å². The highest BCUT2D eigenvalue weighted by atomic mass is 31.0. The van der Waals surface area contributed by atoms with Gasteiger partial charge in [-0.05, 0) is 51.2 Å². The number of carboxylic acids is 1. The number of hydrogen-bond donors (Lipinski definition) is 1. The van der Waals surface area contributed by atoms with E-state index in [9.17, 15) is 14.7 Å². The summed E-state index contributed by atoms with van der Waals surface area (Å²) in [5.74, 6) is -1.28. The number of carboxylic acid groups (broad SMARTS) is 1. The third kappa shape index (κ3) is 5.50. The van der Waals surface area contributed by atoms with Crippen LogP contribution in [0, 0.1) is 32.1 Å².